The lowest BCUT2D eigenvalue weighted by Crippen LogP contribution is -2.32. The number of unbranched alkanes of at least 4 members (excludes halogenated alkanes) is 7. The summed E-state index contributed by atoms with van der Waals surface area (Å²) in [6.07, 6.45) is 9.72. The molecule has 0 aliphatic carbocycles. The van der Waals surface area contributed by atoms with Gasteiger partial charge in [0.15, 0.2) is 12.2 Å². The van der Waals surface area contributed by atoms with Gasteiger partial charge in [-0.05, 0) is 20.3 Å². The first kappa shape index (κ1) is 23.9. The molecule has 25 heavy (non-hydrogen) atoms. The number of aliphatic carboxylic acids is 2. The standard InChI is InChI=1S/C19H36O6/c1-4-6-7-8-9-10-11-12-13-15(3)25-17(24-5-2)14-16(18(20)21)19(22)23/h15-17H,4-14H2,1-3H3,(H,20,21)(H,22,23). The molecule has 148 valence electrons. The van der Waals surface area contributed by atoms with E-state index in [4.69, 9.17) is 19.7 Å². The van der Waals surface area contributed by atoms with Crippen LogP contribution in [-0.4, -0.2) is 41.2 Å². The average Bonchev–Trinajstić information content (AvgIpc) is 2.54. The number of carboxylic acids is 2. The number of carbonyl (C=O) groups is 2. The Bertz CT molecular complexity index is 344. The fraction of sp³-hybridized carbons (Fsp3) is 0.895. The molecule has 0 aliphatic rings. The Kier molecular flexibility index (Phi) is 14.5. The molecule has 0 aliphatic heterocycles. The van der Waals surface area contributed by atoms with Crippen LogP contribution in [0.1, 0.15) is 85.0 Å². The minimum absolute atomic E-state index is 0.0834. The molecule has 0 saturated heterocycles. The maximum absolute atomic E-state index is 11.0. The molecule has 0 radical (unpaired) electrons. The molecule has 0 fully saturated rings. The normalized spacial score (nSPS) is 13.8. The summed E-state index contributed by atoms with van der Waals surface area (Å²) in [5.74, 6) is -4.24. The smallest absolute Gasteiger partial charge is 0.318 e. The van der Waals surface area contributed by atoms with Crippen molar-refractivity contribution in [2.24, 2.45) is 5.92 Å². The van der Waals surface area contributed by atoms with E-state index in [2.05, 4.69) is 6.92 Å². The molecule has 0 aromatic carbocycles. The van der Waals surface area contributed by atoms with Gasteiger partial charge in [-0.15, -0.1) is 0 Å². The van der Waals surface area contributed by atoms with Crippen molar-refractivity contribution in [3.8, 4) is 0 Å². The Balaban J connectivity index is 4.05. The Morgan fingerprint density at radius 2 is 1.40 bits per heavy atom. The molecular formula is C19H36O6. The van der Waals surface area contributed by atoms with Gasteiger partial charge in [0.25, 0.3) is 0 Å². The number of hydrogen-bond donors (Lipinski definition) is 2. The summed E-state index contributed by atoms with van der Waals surface area (Å²) in [7, 11) is 0. The Morgan fingerprint density at radius 3 is 1.88 bits per heavy atom. The van der Waals surface area contributed by atoms with Gasteiger partial charge >= 0.3 is 11.9 Å². The first-order valence-corrected chi connectivity index (χ1v) is 9.64. The molecular weight excluding hydrogens is 324 g/mol. The second-order valence-electron chi connectivity index (χ2n) is 6.56. The fourth-order valence-corrected chi connectivity index (χ4v) is 2.74. The molecule has 6 nitrogen and oxygen atoms in total. The van der Waals surface area contributed by atoms with Gasteiger partial charge in [-0.1, -0.05) is 58.3 Å². The van der Waals surface area contributed by atoms with E-state index >= 15 is 0 Å². The van der Waals surface area contributed by atoms with E-state index in [1.54, 1.807) is 6.92 Å². The molecule has 0 spiro atoms. The summed E-state index contributed by atoms with van der Waals surface area (Å²) in [4.78, 5) is 22.0. The van der Waals surface area contributed by atoms with Crippen LogP contribution >= 0.6 is 0 Å². The first-order chi connectivity index (χ1) is 11.9. The molecule has 6 heteroatoms. The maximum atomic E-state index is 11.0. The van der Waals surface area contributed by atoms with Crippen LogP contribution in [0.4, 0.5) is 0 Å². The summed E-state index contributed by atoms with van der Waals surface area (Å²) in [5, 5.41) is 18.0. The third-order valence-corrected chi connectivity index (χ3v) is 4.23. The molecule has 0 rings (SSSR count). The van der Waals surface area contributed by atoms with Crippen LogP contribution in [0, 0.1) is 5.92 Å². The quantitative estimate of drug-likeness (QED) is 0.226. The molecule has 2 unspecified atom stereocenters. The highest BCUT2D eigenvalue weighted by Crippen LogP contribution is 2.17. The highest BCUT2D eigenvalue weighted by atomic mass is 16.7. The maximum Gasteiger partial charge on any atom is 0.318 e. The van der Waals surface area contributed by atoms with Gasteiger partial charge in [-0.25, -0.2) is 0 Å². The van der Waals surface area contributed by atoms with Gasteiger partial charge < -0.3 is 19.7 Å². The van der Waals surface area contributed by atoms with Crippen LogP contribution in [0.25, 0.3) is 0 Å². The highest BCUT2D eigenvalue weighted by molar-refractivity contribution is 5.92. The van der Waals surface area contributed by atoms with Gasteiger partial charge in [-0.3, -0.25) is 9.59 Å². The van der Waals surface area contributed by atoms with Crippen LogP contribution in [0.15, 0.2) is 0 Å². The van der Waals surface area contributed by atoms with Crippen LogP contribution in [-0.2, 0) is 19.1 Å². The molecule has 2 N–H and O–H groups in total. The fourth-order valence-electron chi connectivity index (χ4n) is 2.74. The second kappa shape index (κ2) is 15.1. The van der Waals surface area contributed by atoms with Crippen molar-refractivity contribution >= 4 is 11.9 Å². The zero-order valence-corrected chi connectivity index (χ0v) is 16.0. The third-order valence-electron chi connectivity index (χ3n) is 4.23. The number of carboxylic acid groups (broad SMARTS) is 2. The second-order valence-corrected chi connectivity index (χ2v) is 6.56. The van der Waals surface area contributed by atoms with Gasteiger partial charge in [0.2, 0.25) is 0 Å². The lowest BCUT2D eigenvalue weighted by molar-refractivity contribution is -0.185. The number of rotatable bonds is 17. The first-order valence-electron chi connectivity index (χ1n) is 9.64. The van der Waals surface area contributed by atoms with Crippen molar-refractivity contribution < 1.29 is 29.3 Å². The van der Waals surface area contributed by atoms with E-state index in [-0.39, 0.29) is 12.5 Å². The molecule has 2 atom stereocenters. The topological polar surface area (TPSA) is 93.1 Å². The Hall–Kier alpha value is -1.14. The highest BCUT2D eigenvalue weighted by Gasteiger charge is 2.30. The largest absolute Gasteiger partial charge is 0.481 e. The molecule has 0 amide bonds. The van der Waals surface area contributed by atoms with Crippen LogP contribution in [0.2, 0.25) is 0 Å². The monoisotopic (exact) mass is 360 g/mol. The van der Waals surface area contributed by atoms with E-state index in [1.807, 2.05) is 6.92 Å². The predicted molar refractivity (Wildman–Crippen MR) is 96.6 cm³/mol. The summed E-state index contributed by atoms with van der Waals surface area (Å²) in [6, 6.07) is 0. The third kappa shape index (κ3) is 12.8. The predicted octanol–water partition coefficient (Wildman–Crippen LogP) is 4.46. The lowest BCUT2D eigenvalue weighted by atomic mass is 10.1. The molecule has 0 saturated carbocycles. The zero-order valence-electron chi connectivity index (χ0n) is 16.0. The van der Waals surface area contributed by atoms with Gasteiger partial charge in [-0.2, -0.15) is 0 Å². The Morgan fingerprint density at radius 1 is 0.880 bits per heavy atom. The van der Waals surface area contributed by atoms with Crippen molar-refractivity contribution in [2.45, 2.75) is 97.4 Å². The lowest BCUT2D eigenvalue weighted by Gasteiger charge is -2.23. The molecule has 0 heterocycles. The van der Waals surface area contributed by atoms with Crippen molar-refractivity contribution in [1.82, 2.24) is 0 Å². The minimum atomic E-state index is -1.51. The SMILES string of the molecule is CCCCCCCCCCC(C)OC(CC(C(=O)O)C(=O)O)OCC. The summed E-state index contributed by atoms with van der Waals surface area (Å²) in [5.41, 5.74) is 0. The van der Waals surface area contributed by atoms with E-state index in [0.29, 0.717) is 6.61 Å². The Labute approximate surface area is 151 Å². The molecule has 0 aromatic rings. The van der Waals surface area contributed by atoms with E-state index in [1.165, 1.54) is 38.5 Å². The average molecular weight is 360 g/mol. The van der Waals surface area contributed by atoms with Gasteiger partial charge in [0.05, 0.1) is 6.10 Å². The molecule has 0 bridgehead atoms. The van der Waals surface area contributed by atoms with Crippen molar-refractivity contribution in [3.05, 3.63) is 0 Å². The minimum Gasteiger partial charge on any atom is -0.481 e. The summed E-state index contributed by atoms with van der Waals surface area (Å²) < 4.78 is 11.1. The van der Waals surface area contributed by atoms with Crippen molar-refractivity contribution in [1.29, 1.82) is 0 Å². The summed E-state index contributed by atoms with van der Waals surface area (Å²) in [6.45, 7) is 6.26. The summed E-state index contributed by atoms with van der Waals surface area (Å²) >= 11 is 0. The zero-order chi connectivity index (χ0) is 19.1. The van der Waals surface area contributed by atoms with Crippen molar-refractivity contribution in [3.63, 3.8) is 0 Å². The van der Waals surface area contributed by atoms with Gasteiger partial charge in [0.1, 0.15) is 0 Å². The van der Waals surface area contributed by atoms with Crippen molar-refractivity contribution in [2.75, 3.05) is 6.61 Å². The number of hydrogen-bond acceptors (Lipinski definition) is 4. The van der Waals surface area contributed by atoms with Crippen LogP contribution in [0.3, 0.4) is 0 Å². The van der Waals surface area contributed by atoms with Gasteiger partial charge in [0, 0.05) is 13.0 Å². The van der Waals surface area contributed by atoms with Crippen LogP contribution in [0.5, 0.6) is 0 Å². The van der Waals surface area contributed by atoms with E-state index in [9.17, 15) is 9.59 Å². The van der Waals surface area contributed by atoms with Crippen LogP contribution < -0.4 is 0 Å². The molecule has 0 aromatic heterocycles. The van der Waals surface area contributed by atoms with E-state index < -0.39 is 24.1 Å². The number of ether oxygens (including phenoxy) is 2. The van der Waals surface area contributed by atoms with E-state index in [0.717, 1.165) is 19.3 Å².